The van der Waals surface area contributed by atoms with Crippen LogP contribution in [0.15, 0.2) is 24.2 Å². The van der Waals surface area contributed by atoms with Crippen molar-refractivity contribution in [1.82, 2.24) is 4.98 Å². The molecule has 0 radical (unpaired) electrons. The van der Waals surface area contributed by atoms with Crippen LogP contribution in [0.25, 0.3) is 0 Å². The molecule has 48 valence electrons. The maximum absolute atomic E-state index is 4.09. The van der Waals surface area contributed by atoms with E-state index in [-0.39, 0.29) is 4.83 Å². The van der Waals surface area contributed by atoms with Crippen molar-refractivity contribution in [2.45, 2.75) is 4.83 Å². The summed E-state index contributed by atoms with van der Waals surface area (Å²) >= 11 is 5.02. The second-order valence-electron chi connectivity index (χ2n) is 1.51. The van der Waals surface area contributed by atoms with Gasteiger partial charge >= 0.3 is 0 Å². The van der Waals surface area contributed by atoms with Crippen LogP contribution in [0, 0.1) is 0 Å². The van der Waals surface area contributed by atoms with Gasteiger partial charge in [-0.2, -0.15) is 0 Å². The SMILES string of the molecule is C=CC(Br)c1nccs1. The number of aromatic nitrogens is 1. The minimum Gasteiger partial charge on any atom is -0.248 e. The van der Waals surface area contributed by atoms with Crippen LogP contribution in [-0.2, 0) is 0 Å². The van der Waals surface area contributed by atoms with Gasteiger partial charge in [-0.15, -0.1) is 17.9 Å². The van der Waals surface area contributed by atoms with E-state index in [2.05, 4.69) is 27.5 Å². The molecule has 0 aliphatic rings. The lowest BCUT2D eigenvalue weighted by molar-refractivity contribution is 1.18. The topological polar surface area (TPSA) is 12.9 Å². The molecule has 1 aromatic rings. The summed E-state index contributed by atoms with van der Waals surface area (Å²) in [5, 5.41) is 3.01. The Kier molecular flexibility index (Phi) is 2.42. The van der Waals surface area contributed by atoms with Gasteiger partial charge in [0.25, 0.3) is 0 Å². The van der Waals surface area contributed by atoms with Gasteiger partial charge in [-0.3, -0.25) is 0 Å². The first-order chi connectivity index (χ1) is 4.34. The number of hydrogen-bond acceptors (Lipinski definition) is 2. The molecule has 0 N–H and O–H groups in total. The average molecular weight is 204 g/mol. The summed E-state index contributed by atoms with van der Waals surface area (Å²) < 4.78 is 0. The molecular formula is C6H6BrNS. The Morgan fingerprint density at radius 2 is 2.67 bits per heavy atom. The molecule has 1 aromatic heterocycles. The van der Waals surface area contributed by atoms with E-state index in [1.807, 2.05) is 11.5 Å². The Balaban J connectivity index is 2.76. The highest BCUT2D eigenvalue weighted by molar-refractivity contribution is 9.09. The van der Waals surface area contributed by atoms with Gasteiger partial charge in [0, 0.05) is 11.6 Å². The zero-order valence-electron chi connectivity index (χ0n) is 4.75. The maximum Gasteiger partial charge on any atom is 0.110 e. The fourth-order valence-electron chi connectivity index (χ4n) is 0.471. The Labute approximate surface area is 66.6 Å². The zero-order chi connectivity index (χ0) is 6.69. The number of nitrogens with zero attached hydrogens (tertiary/aromatic N) is 1. The molecule has 1 atom stereocenters. The Hall–Kier alpha value is -0.150. The molecule has 0 amide bonds. The molecule has 0 saturated carbocycles. The van der Waals surface area contributed by atoms with Gasteiger partial charge in [0.05, 0.1) is 4.83 Å². The van der Waals surface area contributed by atoms with Crippen molar-refractivity contribution in [3.63, 3.8) is 0 Å². The fraction of sp³-hybridized carbons (Fsp3) is 0.167. The first-order valence-corrected chi connectivity index (χ1v) is 4.30. The second kappa shape index (κ2) is 3.13. The Bertz CT molecular complexity index is 183. The van der Waals surface area contributed by atoms with E-state index in [0.717, 1.165) is 5.01 Å². The van der Waals surface area contributed by atoms with E-state index in [0.29, 0.717) is 0 Å². The summed E-state index contributed by atoms with van der Waals surface area (Å²) in [5.41, 5.74) is 0. The van der Waals surface area contributed by atoms with Gasteiger partial charge in [-0.25, -0.2) is 4.98 Å². The summed E-state index contributed by atoms with van der Waals surface area (Å²) in [5.74, 6) is 0. The summed E-state index contributed by atoms with van der Waals surface area (Å²) in [6.45, 7) is 3.64. The standard InChI is InChI=1S/C6H6BrNS/c1-2-5(7)6-8-3-4-9-6/h2-5H,1H2. The van der Waals surface area contributed by atoms with E-state index < -0.39 is 0 Å². The molecule has 1 heterocycles. The van der Waals surface area contributed by atoms with Gasteiger partial charge in [-0.1, -0.05) is 22.0 Å². The number of thiazole rings is 1. The molecule has 9 heavy (non-hydrogen) atoms. The third-order valence-corrected chi connectivity index (χ3v) is 2.86. The number of allylic oxidation sites excluding steroid dienone is 1. The number of hydrogen-bond donors (Lipinski definition) is 0. The summed E-state index contributed by atoms with van der Waals surface area (Å²) in [6.07, 6.45) is 3.61. The molecule has 0 aromatic carbocycles. The van der Waals surface area contributed by atoms with Gasteiger partial charge in [0.15, 0.2) is 0 Å². The minimum absolute atomic E-state index is 0.220. The van der Waals surface area contributed by atoms with E-state index in [4.69, 9.17) is 0 Å². The van der Waals surface area contributed by atoms with Crippen LogP contribution >= 0.6 is 27.3 Å². The highest BCUT2D eigenvalue weighted by atomic mass is 79.9. The lowest BCUT2D eigenvalue weighted by atomic mass is 10.4. The van der Waals surface area contributed by atoms with Crippen LogP contribution in [0.5, 0.6) is 0 Å². The normalized spacial score (nSPS) is 13.0. The summed E-state index contributed by atoms with van der Waals surface area (Å²) in [7, 11) is 0. The first kappa shape index (κ1) is 6.96. The van der Waals surface area contributed by atoms with Crippen molar-refractivity contribution >= 4 is 27.3 Å². The fourth-order valence-corrected chi connectivity index (χ4v) is 1.52. The van der Waals surface area contributed by atoms with Crippen LogP contribution in [-0.4, -0.2) is 4.98 Å². The lowest BCUT2D eigenvalue weighted by Crippen LogP contribution is -1.79. The quantitative estimate of drug-likeness (QED) is 0.533. The number of rotatable bonds is 2. The van der Waals surface area contributed by atoms with Crippen LogP contribution in [0.1, 0.15) is 9.83 Å². The van der Waals surface area contributed by atoms with Crippen LogP contribution < -0.4 is 0 Å². The molecule has 1 unspecified atom stereocenters. The zero-order valence-corrected chi connectivity index (χ0v) is 7.15. The molecular weight excluding hydrogens is 198 g/mol. The van der Waals surface area contributed by atoms with Crippen molar-refractivity contribution in [1.29, 1.82) is 0 Å². The van der Waals surface area contributed by atoms with Gasteiger partial charge in [0.2, 0.25) is 0 Å². The molecule has 0 fully saturated rings. The number of halogens is 1. The summed E-state index contributed by atoms with van der Waals surface area (Å²) in [4.78, 5) is 4.31. The monoisotopic (exact) mass is 203 g/mol. The van der Waals surface area contributed by atoms with Crippen molar-refractivity contribution in [2.75, 3.05) is 0 Å². The minimum atomic E-state index is 0.220. The van der Waals surface area contributed by atoms with Crippen molar-refractivity contribution in [2.24, 2.45) is 0 Å². The number of alkyl halides is 1. The van der Waals surface area contributed by atoms with Gasteiger partial charge in [-0.05, 0) is 0 Å². The predicted octanol–water partition coefficient (Wildman–Crippen LogP) is 2.77. The predicted molar refractivity (Wildman–Crippen MR) is 44.0 cm³/mol. The molecule has 0 spiro atoms. The second-order valence-corrected chi connectivity index (χ2v) is 3.42. The average Bonchev–Trinajstić information content (AvgIpc) is 2.37. The molecule has 0 saturated heterocycles. The third-order valence-electron chi connectivity index (χ3n) is 0.894. The third kappa shape index (κ3) is 1.63. The van der Waals surface area contributed by atoms with Crippen molar-refractivity contribution < 1.29 is 0 Å². The molecule has 1 nitrogen and oxygen atoms in total. The van der Waals surface area contributed by atoms with E-state index in [1.54, 1.807) is 17.5 Å². The van der Waals surface area contributed by atoms with Gasteiger partial charge < -0.3 is 0 Å². The van der Waals surface area contributed by atoms with Crippen LogP contribution in [0.3, 0.4) is 0 Å². The molecule has 0 aliphatic carbocycles. The highest BCUT2D eigenvalue weighted by Crippen LogP contribution is 2.24. The van der Waals surface area contributed by atoms with Gasteiger partial charge in [0.1, 0.15) is 5.01 Å². The van der Waals surface area contributed by atoms with Crippen LogP contribution in [0.2, 0.25) is 0 Å². The van der Waals surface area contributed by atoms with Crippen molar-refractivity contribution in [3.05, 3.63) is 29.2 Å². The Morgan fingerprint density at radius 1 is 1.89 bits per heavy atom. The first-order valence-electron chi connectivity index (χ1n) is 2.50. The molecule has 0 bridgehead atoms. The maximum atomic E-state index is 4.09. The van der Waals surface area contributed by atoms with E-state index in [1.165, 1.54) is 0 Å². The largest absolute Gasteiger partial charge is 0.248 e. The van der Waals surface area contributed by atoms with Crippen LogP contribution in [0.4, 0.5) is 0 Å². The van der Waals surface area contributed by atoms with E-state index in [9.17, 15) is 0 Å². The lowest BCUT2D eigenvalue weighted by Gasteiger charge is -1.94. The molecule has 1 rings (SSSR count). The summed E-state index contributed by atoms with van der Waals surface area (Å²) in [6, 6.07) is 0. The Morgan fingerprint density at radius 3 is 3.11 bits per heavy atom. The van der Waals surface area contributed by atoms with Crippen molar-refractivity contribution in [3.8, 4) is 0 Å². The van der Waals surface area contributed by atoms with E-state index >= 15 is 0 Å². The molecule has 0 aliphatic heterocycles. The smallest absolute Gasteiger partial charge is 0.110 e. The highest BCUT2D eigenvalue weighted by Gasteiger charge is 2.02. The molecule has 3 heteroatoms.